The molecule has 238 valence electrons. The largest absolute Gasteiger partial charge is 0.309 e. The lowest BCUT2D eigenvalue weighted by atomic mass is 9.96. The van der Waals surface area contributed by atoms with Crippen molar-refractivity contribution < 1.29 is 0 Å². The van der Waals surface area contributed by atoms with E-state index in [0.717, 1.165) is 61.5 Å². The summed E-state index contributed by atoms with van der Waals surface area (Å²) in [6.45, 7) is 0. The first-order valence-electron chi connectivity index (χ1n) is 17.1. The lowest BCUT2D eigenvalue weighted by Gasteiger charge is -2.15. The molecule has 3 nitrogen and oxygen atoms in total. The molecule has 3 heteroatoms. The second kappa shape index (κ2) is 12.8. The third-order valence-corrected chi connectivity index (χ3v) is 9.63. The second-order valence-electron chi connectivity index (χ2n) is 12.7. The molecule has 0 amide bonds. The number of aromatic nitrogens is 2. The van der Waals surface area contributed by atoms with Crippen molar-refractivity contribution in [3.63, 3.8) is 0 Å². The Morgan fingerprint density at radius 3 is 1.49 bits per heavy atom. The molecule has 0 aliphatic heterocycles. The van der Waals surface area contributed by atoms with Gasteiger partial charge in [-0.15, -0.1) is 0 Å². The molecule has 0 saturated carbocycles. The van der Waals surface area contributed by atoms with Crippen molar-refractivity contribution in [1.29, 1.82) is 5.26 Å². The van der Waals surface area contributed by atoms with Crippen molar-refractivity contribution in [2.24, 2.45) is 0 Å². The molecule has 0 unspecified atom stereocenters. The zero-order chi connectivity index (χ0) is 34.1. The summed E-state index contributed by atoms with van der Waals surface area (Å²) in [7, 11) is 0. The van der Waals surface area contributed by atoms with Crippen LogP contribution in [0, 0.1) is 11.3 Å². The third kappa shape index (κ3) is 5.56. The fourth-order valence-electron chi connectivity index (χ4n) is 7.16. The number of pyridine rings is 1. The molecule has 0 fully saturated rings. The van der Waals surface area contributed by atoms with Gasteiger partial charge in [-0.05, 0) is 81.9 Å². The van der Waals surface area contributed by atoms with Crippen LogP contribution in [0.1, 0.15) is 5.56 Å². The molecule has 0 spiro atoms. The summed E-state index contributed by atoms with van der Waals surface area (Å²) in [5, 5.41) is 12.5. The number of nitriles is 1. The smallest absolute Gasteiger partial charge is 0.0998 e. The van der Waals surface area contributed by atoms with E-state index < -0.39 is 0 Å². The molecule has 0 N–H and O–H groups in total. The molecular formula is C48H31N3. The Morgan fingerprint density at radius 2 is 0.902 bits per heavy atom. The highest BCUT2D eigenvalue weighted by Crippen LogP contribution is 2.39. The molecule has 0 atom stereocenters. The van der Waals surface area contributed by atoms with Gasteiger partial charge in [0.2, 0.25) is 0 Å². The molecule has 9 aromatic rings. The highest BCUT2D eigenvalue weighted by Gasteiger charge is 2.18. The van der Waals surface area contributed by atoms with Gasteiger partial charge in [0.25, 0.3) is 0 Å². The summed E-state index contributed by atoms with van der Waals surface area (Å²) in [6, 6.07) is 67.9. The first kappa shape index (κ1) is 30.1. The molecule has 0 aliphatic rings. The maximum Gasteiger partial charge on any atom is 0.0998 e. The maximum absolute atomic E-state index is 10.2. The molecular weight excluding hydrogens is 619 g/mol. The molecule has 0 aliphatic carbocycles. The van der Waals surface area contributed by atoms with Gasteiger partial charge in [0.15, 0.2) is 0 Å². The van der Waals surface area contributed by atoms with E-state index in [1.807, 2.05) is 42.5 Å². The normalized spacial score (nSPS) is 11.1. The predicted octanol–water partition coefficient (Wildman–Crippen LogP) is 12.4. The van der Waals surface area contributed by atoms with Gasteiger partial charge in [0, 0.05) is 27.6 Å². The van der Waals surface area contributed by atoms with E-state index >= 15 is 0 Å². The van der Waals surface area contributed by atoms with Crippen LogP contribution in [0.3, 0.4) is 0 Å². The van der Waals surface area contributed by atoms with Gasteiger partial charge >= 0.3 is 0 Å². The number of hydrogen-bond acceptors (Lipinski definition) is 2. The number of nitrogens with zero attached hydrogens (tertiary/aromatic N) is 3. The number of fused-ring (bicyclic) bond motifs is 3. The van der Waals surface area contributed by atoms with Crippen molar-refractivity contribution in [2.75, 3.05) is 0 Å². The SMILES string of the molecule is N#Cc1ccccc1-c1cc(-c2cccc(-c3ccccc3)n2)cc(-n2c3cc(-c4ccccc4)ccc3c3ccc(-c4ccccc4)cc32)c1. The summed E-state index contributed by atoms with van der Waals surface area (Å²) >= 11 is 0. The predicted molar refractivity (Wildman–Crippen MR) is 210 cm³/mol. The molecule has 2 heterocycles. The molecule has 7 aromatic carbocycles. The summed E-state index contributed by atoms with van der Waals surface area (Å²) < 4.78 is 2.38. The first-order valence-corrected chi connectivity index (χ1v) is 17.1. The van der Waals surface area contributed by atoms with Crippen LogP contribution < -0.4 is 0 Å². The van der Waals surface area contributed by atoms with E-state index in [-0.39, 0.29) is 0 Å². The number of rotatable bonds is 6. The Morgan fingerprint density at radius 1 is 0.392 bits per heavy atom. The molecule has 0 bridgehead atoms. The van der Waals surface area contributed by atoms with Crippen LogP contribution in [0.15, 0.2) is 188 Å². The first-order chi connectivity index (χ1) is 25.2. The molecule has 0 saturated heterocycles. The quantitative estimate of drug-likeness (QED) is 0.180. The maximum atomic E-state index is 10.2. The van der Waals surface area contributed by atoms with Crippen molar-refractivity contribution >= 4 is 21.8 Å². The fourth-order valence-corrected chi connectivity index (χ4v) is 7.16. The monoisotopic (exact) mass is 649 g/mol. The standard InChI is InChI=1S/C48H31N3/c49-32-38-19-10-11-20-42(38)39-27-40(46-22-12-21-45(50-46)35-17-8-3-9-18-35)29-41(28-39)51-47-30-36(33-13-4-1-5-14-33)23-25-43(47)44-26-24-37(31-48(44)51)34-15-6-2-7-16-34/h1-31H. The Labute approximate surface area is 297 Å². The minimum absolute atomic E-state index is 0.631. The van der Waals surface area contributed by atoms with Crippen molar-refractivity contribution in [1.82, 2.24) is 9.55 Å². The van der Waals surface area contributed by atoms with Gasteiger partial charge in [0.1, 0.15) is 0 Å². The summed E-state index contributed by atoms with van der Waals surface area (Å²) in [5.41, 5.74) is 14.1. The second-order valence-corrected chi connectivity index (χ2v) is 12.7. The van der Waals surface area contributed by atoms with Gasteiger partial charge < -0.3 is 4.57 Å². The summed E-state index contributed by atoms with van der Waals surface area (Å²) in [6.07, 6.45) is 0. The van der Waals surface area contributed by atoms with Crippen LogP contribution in [0.5, 0.6) is 0 Å². The average molecular weight is 650 g/mol. The minimum atomic E-state index is 0.631. The van der Waals surface area contributed by atoms with Gasteiger partial charge in [-0.3, -0.25) is 0 Å². The molecule has 51 heavy (non-hydrogen) atoms. The van der Waals surface area contributed by atoms with E-state index in [0.29, 0.717) is 5.56 Å². The topological polar surface area (TPSA) is 41.6 Å². The minimum Gasteiger partial charge on any atom is -0.309 e. The summed E-state index contributed by atoms with van der Waals surface area (Å²) in [4.78, 5) is 5.17. The lowest BCUT2D eigenvalue weighted by Crippen LogP contribution is -1.98. The highest BCUT2D eigenvalue weighted by atomic mass is 15.0. The van der Waals surface area contributed by atoms with Crippen LogP contribution in [-0.4, -0.2) is 9.55 Å². The zero-order valence-electron chi connectivity index (χ0n) is 27.7. The average Bonchev–Trinajstić information content (AvgIpc) is 3.54. The van der Waals surface area contributed by atoms with Gasteiger partial charge in [0.05, 0.1) is 34.1 Å². The van der Waals surface area contributed by atoms with Crippen molar-refractivity contribution in [3.05, 3.63) is 194 Å². The van der Waals surface area contributed by atoms with E-state index in [1.165, 1.54) is 21.9 Å². The van der Waals surface area contributed by atoms with Crippen molar-refractivity contribution in [2.45, 2.75) is 0 Å². The fraction of sp³-hybridized carbons (Fsp3) is 0. The zero-order valence-corrected chi connectivity index (χ0v) is 27.7. The Balaban J connectivity index is 1.35. The van der Waals surface area contributed by atoms with Gasteiger partial charge in [-0.2, -0.15) is 5.26 Å². The highest BCUT2D eigenvalue weighted by molar-refractivity contribution is 6.11. The van der Waals surface area contributed by atoms with E-state index in [9.17, 15) is 5.26 Å². The number of benzene rings is 7. The Kier molecular flexibility index (Phi) is 7.54. The van der Waals surface area contributed by atoms with Crippen LogP contribution in [0.2, 0.25) is 0 Å². The van der Waals surface area contributed by atoms with Crippen LogP contribution in [0.25, 0.3) is 83.4 Å². The van der Waals surface area contributed by atoms with E-state index in [4.69, 9.17) is 4.98 Å². The van der Waals surface area contributed by atoms with E-state index in [2.05, 4.69) is 156 Å². The Hall–Kier alpha value is -7.02. The summed E-state index contributed by atoms with van der Waals surface area (Å²) in [5.74, 6) is 0. The van der Waals surface area contributed by atoms with E-state index in [1.54, 1.807) is 0 Å². The van der Waals surface area contributed by atoms with Crippen LogP contribution >= 0.6 is 0 Å². The lowest BCUT2D eigenvalue weighted by molar-refractivity contribution is 1.18. The third-order valence-electron chi connectivity index (χ3n) is 9.63. The molecule has 2 aromatic heterocycles. The Bertz CT molecular complexity index is 2640. The number of hydrogen-bond donors (Lipinski definition) is 0. The van der Waals surface area contributed by atoms with Crippen molar-refractivity contribution in [3.8, 4) is 67.7 Å². The van der Waals surface area contributed by atoms with Crippen LogP contribution in [-0.2, 0) is 0 Å². The van der Waals surface area contributed by atoms with Gasteiger partial charge in [-0.1, -0.05) is 140 Å². The molecule has 9 rings (SSSR count). The molecule has 0 radical (unpaired) electrons. The van der Waals surface area contributed by atoms with Crippen LogP contribution in [0.4, 0.5) is 0 Å². The van der Waals surface area contributed by atoms with Gasteiger partial charge in [-0.25, -0.2) is 4.98 Å².